The molecule has 0 radical (unpaired) electrons. The van der Waals surface area contributed by atoms with Crippen molar-refractivity contribution in [1.29, 1.82) is 0 Å². The zero-order chi connectivity index (χ0) is 16.1. The summed E-state index contributed by atoms with van der Waals surface area (Å²) in [5.74, 6) is -0.686. The highest BCUT2D eigenvalue weighted by atomic mass is 16.5. The van der Waals surface area contributed by atoms with Gasteiger partial charge in [0.25, 0.3) is 5.91 Å². The van der Waals surface area contributed by atoms with Gasteiger partial charge in [0.2, 0.25) is 0 Å². The van der Waals surface area contributed by atoms with E-state index in [2.05, 4.69) is 5.32 Å². The number of quaternary nitrogens is 1. The molecule has 2 fully saturated rings. The third-order valence-electron chi connectivity index (χ3n) is 4.12. The van der Waals surface area contributed by atoms with E-state index in [4.69, 9.17) is 9.47 Å². The first-order valence-corrected chi connectivity index (χ1v) is 8.17. The van der Waals surface area contributed by atoms with Gasteiger partial charge in [-0.3, -0.25) is 4.79 Å². The van der Waals surface area contributed by atoms with Crippen LogP contribution >= 0.6 is 0 Å². The normalized spacial score (nSPS) is 18.4. The van der Waals surface area contributed by atoms with Crippen molar-refractivity contribution in [3.8, 4) is 0 Å². The molecular weight excluding hydrogens is 296 g/mol. The Morgan fingerprint density at radius 2 is 1.87 bits per heavy atom. The second kappa shape index (κ2) is 7.57. The highest BCUT2D eigenvalue weighted by Gasteiger charge is 2.23. The van der Waals surface area contributed by atoms with E-state index in [1.807, 2.05) is 12.1 Å². The summed E-state index contributed by atoms with van der Waals surface area (Å²) in [7, 11) is 0. The van der Waals surface area contributed by atoms with E-state index in [0.717, 1.165) is 45.7 Å². The Morgan fingerprint density at radius 1 is 1.17 bits per heavy atom. The summed E-state index contributed by atoms with van der Waals surface area (Å²) in [6.45, 7) is 4.36. The van der Waals surface area contributed by atoms with Crippen LogP contribution in [-0.2, 0) is 20.8 Å². The molecule has 1 aliphatic heterocycles. The maximum Gasteiger partial charge on any atom is 0.338 e. The Bertz CT molecular complexity index is 548. The van der Waals surface area contributed by atoms with Crippen LogP contribution in [0, 0.1) is 0 Å². The lowest BCUT2D eigenvalue weighted by atomic mass is 10.1. The molecule has 0 atom stereocenters. The molecule has 0 unspecified atom stereocenters. The van der Waals surface area contributed by atoms with Gasteiger partial charge < -0.3 is 19.7 Å². The molecule has 6 heteroatoms. The number of hydrogen-bond donors (Lipinski definition) is 2. The molecule has 2 aliphatic rings. The average Bonchev–Trinajstić information content (AvgIpc) is 3.38. The molecule has 6 nitrogen and oxygen atoms in total. The van der Waals surface area contributed by atoms with Crippen LogP contribution in [0.15, 0.2) is 24.3 Å². The van der Waals surface area contributed by atoms with Crippen molar-refractivity contribution >= 4 is 11.9 Å². The molecule has 1 heterocycles. The number of carbonyl (C=O) groups is 2. The number of hydrogen-bond acceptors (Lipinski definition) is 4. The van der Waals surface area contributed by atoms with E-state index in [-0.39, 0.29) is 18.6 Å². The lowest BCUT2D eigenvalue weighted by Gasteiger charge is -2.23. The van der Waals surface area contributed by atoms with Crippen LogP contribution in [0.1, 0.15) is 28.8 Å². The van der Waals surface area contributed by atoms with Crippen LogP contribution < -0.4 is 10.2 Å². The fraction of sp³-hybridized carbons (Fsp3) is 0.529. The van der Waals surface area contributed by atoms with Crippen molar-refractivity contribution in [2.45, 2.75) is 25.4 Å². The van der Waals surface area contributed by atoms with Gasteiger partial charge in [-0.15, -0.1) is 0 Å². The third-order valence-corrected chi connectivity index (χ3v) is 4.12. The van der Waals surface area contributed by atoms with Crippen LogP contribution in [-0.4, -0.2) is 50.8 Å². The standard InChI is InChI=1S/C17H22N2O4/c20-16(18-15-5-6-15)12-23-17(21)14-3-1-13(2-4-14)11-19-7-9-22-10-8-19/h1-4,15H,5-12H2,(H,18,20)/p+1. The first kappa shape index (κ1) is 16.0. The van der Waals surface area contributed by atoms with Gasteiger partial charge in [-0.05, 0) is 25.0 Å². The maximum absolute atomic E-state index is 11.9. The van der Waals surface area contributed by atoms with Gasteiger partial charge in [-0.25, -0.2) is 4.79 Å². The molecule has 0 bridgehead atoms. The number of nitrogens with one attached hydrogen (secondary N) is 2. The zero-order valence-corrected chi connectivity index (χ0v) is 13.2. The summed E-state index contributed by atoms with van der Waals surface area (Å²) in [6, 6.07) is 7.70. The number of morpholine rings is 1. The number of esters is 1. The van der Waals surface area contributed by atoms with Crippen molar-refractivity contribution < 1.29 is 24.0 Å². The minimum atomic E-state index is -0.457. The number of ether oxygens (including phenoxy) is 2. The highest BCUT2D eigenvalue weighted by molar-refractivity contribution is 5.91. The Hall–Kier alpha value is -1.92. The van der Waals surface area contributed by atoms with Crippen molar-refractivity contribution in [1.82, 2.24) is 5.32 Å². The molecule has 1 aromatic rings. The van der Waals surface area contributed by atoms with E-state index in [9.17, 15) is 9.59 Å². The van der Waals surface area contributed by atoms with E-state index in [1.54, 1.807) is 12.1 Å². The largest absolute Gasteiger partial charge is 0.452 e. The quantitative estimate of drug-likeness (QED) is 0.696. The number of rotatable bonds is 6. The first-order valence-electron chi connectivity index (χ1n) is 8.17. The van der Waals surface area contributed by atoms with Gasteiger partial charge in [0.15, 0.2) is 6.61 Å². The summed E-state index contributed by atoms with van der Waals surface area (Å²) in [4.78, 5) is 24.9. The SMILES string of the molecule is O=C(COC(=O)c1ccc(C[NH+]2CCOCC2)cc1)NC1CC1. The van der Waals surface area contributed by atoms with Gasteiger partial charge in [0.1, 0.15) is 19.6 Å². The van der Waals surface area contributed by atoms with Crippen LogP contribution in [0.4, 0.5) is 0 Å². The van der Waals surface area contributed by atoms with Gasteiger partial charge in [-0.2, -0.15) is 0 Å². The molecule has 124 valence electrons. The zero-order valence-electron chi connectivity index (χ0n) is 13.2. The van der Waals surface area contributed by atoms with Gasteiger partial charge in [0.05, 0.1) is 18.8 Å². The van der Waals surface area contributed by atoms with Crippen LogP contribution in [0.2, 0.25) is 0 Å². The first-order chi connectivity index (χ1) is 11.2. The summed E-state index contributed by atoms with van der Waals surface area (Å²) in [5, 5.41) is 2.79. The molecule has 1 aliphatic carbocycles. The fourth-order valence-corrected chi connectivity index (χ4v) is 2.60. The Labute approximate surface area is 135 Å². The lowest BCUT2D eigenvalue weighted by Crippen LogP contribution is -3.12. The summed E-state index contributed by atoms with van der Waals surface area (Å²) < 4.78 is 10.4. The van der Waals surface area contributed by atoms with Crippen LogP contribution in [0.25, 0.3) is 0 Å². The molecule has 1 saturated carbocycles. The molecule has 1 amide bonds. The molecule has 0 spiro atoms. The molecular formula is C17H23N2O4+. The second-order valence-corrected chi connectivity index (χ2v) is 6.15. The Kier molecular flexibility index (Phi) is 5.25. The minimum absolute atomic E-state index is 0.213. The summed E-state index contributed by atoms with van der Waals surface area (Å²) in [5.41, 5.74) is 1.66. The predicted molar refractivity (Wildman–Crippen MR) is 83.1 cm³/mol. The van der Waals surface area contributed by atoms with Gasteiger partial charge >= 0.3 is 5.97 Å². The van der Waals surface area contributed by atoms with Crippen molar-refractivity contribution in [2.24, 2.45) is 0 Å². The smallest absolute Gasteiger partial charge is 0.338 e. The molecule has 2 N–H and O–H groups in total. The molecule has 1 saturated heterocycles. The molecule has 0 aromatic heterocycles. The van der Waals surface area contributed by atoms with Crippen LogP contribution in [0.3, 0.4) is 0 Å². The Balaban J connectivity index is 1.45. The maximum atomic E-state index is 11.9. The number of benzene rings is 1. The molecule has 1 aromatic carbocycles. The number of carbonyl (C=O) groups excluding carboxylic acids is 2. The topological polar surface area (TPSA) is 69.1 Å². The minimum Gasteiger partial charge on any atom is -0.452 e. The van der Waals surface area contributed by atoms with E-state index in [0.29, 0.717) is 5.56 Å². The van der Waals surface area contributed by atoms with Crippen molar-refractivity contribution in [2.75, 3.05) is 32.9 Å². The summed E-state index contributed by atoms with van der Waals surface area (Å²) >= 11 is 0. The monoisotopic (exact) mass is 319 g/mol. The summed E-state index contributed by atoms with van der Waals surface area (Å²) in [6.07, 6.45) is 2.04. The van der Waals surface area contributed by atoms with E-state index in [1.165, 1.54) is 10.5 Å². The van der Waals surface area contributed by atoms with Crippen LogP contribution in [0.5, 0.6) is 0 Å². The fourth-order valence-electron chi connectivity index (χ4n) is 2.60. The van der Waals surface area contributed by atoms with Crippen molar-refractivity contribution in [3.63, 3.8) is 0 Å². The van der Waals surface area contributed by atoms with E-state index >= 15 is 0 Å². The lowest BCUT2D eigenvalue weighted by molar-refractivity contribution is -0.921. The highest BCUT2D eigenvalue weighted by Crippen LogP contribution is 2.18. The van der Waals surface area contributed by atoms with E-state index < -0.39 is 5.97 Å². The Morgan fingerprint density at radius 3 is 2.52 bits per heavy atom. The van der Waals surface area contributed by atoms with Gasteiger partial charge in [-0.1, -0.05) is 12.1 Å². The molecule has 23 heavy (non-hydrogen) atoms. The average molecular weight is 319 g/mol. The molecule has 3 rings (SSSR count). The number of amides is 1. The third kappa shape index (κ3) is 5.04. The second-order valence-electron chi connectivity index (χ2n) is 6.15. The predicted octanol–water partition coefficient (Wildman–Crippen LogP) is -0.463. The van der Waals surface area contributed by atoms with Gasteiger partial charge in [0, 0.05) is 11.6 Å². The van der Waals surface area contributed by atoms with Crippen molar-refractivity contribution in [3.05, 3.63) is 35.4 Å².